The van der Waals surface area contributed by atoms with Gasteiger partial charge in [0.05, 0.1) is 24.9 Å². The van der Waals surface area contributed by atoms with Crippen molar-refractivity contribution in [3.05, 3.63) is 12.8 Å². The van der Waals surface area contributed by atoms with E-state index < -0.39 is 65.0 Å². The lowest BCUT2D eigenvalue weighted by Gasteiger charge is -2.33. The molecule has 10 heteroatoms. The van der Waals surface area contributed by atoms with Crippen LogP contribution in [0.25, 0.3) is 0 Å². The molecule has 3 N–H and O–H groups in total. The van der Waals surface area contributed by atoms with Crippen molar-refractivity contribution >= 4 is 23.9 Å². The van der Waals surface area contributed by atoms with Crippen LogP contribution in [0.1, 0.15) is 54.4 Å². The number of fused-ring (bicyclic) bond motifs is 1. The maximum absolute atomic E-state index is 13.3. The first-order valence-electron chi connectivity index (χ1n) is 11.3. The molecule has 0 bridgehead atoms. The number of hydrogen-bond donors (Lipinski definition) is 3. The van der Waals surface area contributed by atoms with E-state index in [9.17, 15) is 24.3 Å². The van der Waals surface area contributed by atoms with Crippen LogP contribution in [0.15, 0.2) is 12.8 Å². The van der Waals surface area contributed by atoms with Crippen molar-refractivity contribution < 1.29 is 38.5 Å². The van der Waals surface area contributed by atoms with Crippen LogP contribution in [0.2, 0.25) is 0 Å². The molecule has 0 aliphatic heterocycles. The van der Waals surface area contributed by atoms with E-state index in [1.165, 1.54) is 0 Å². The Morgan fingerprint density at radius 2 is 1.88 bits per heavy atom. The van der Waals surface area contributed by atoms with Gasteiger partial charge in [0.15, 0.2) is 0 Å². The molecule has 2 aliphatic carbocycles. The van der Waals surface area contributed by atoms with Crippen molar-refractivity contribution in [2.75, 3.05) is 6.61 Å². The molecule has 2 saturated carbocycles. The molecule has 0 spiro atoms. The Balaban J connectivity index is 2.30. The highest BCUT2D eigenvalue weighted by Gasteiger charge is 2.76. The molecule has 186 valence electrons. The SMILES string of the molecule is C=COC(=O)[C@H]1[C@H]2[C@@H]1[C@@](NC(=O)[C@H](CC(C)C)NC(=O)OC(C)(C)C)(C(=O)OCC)C[C@@H]2O. The third kappa shape index (κ3) is 6.04. The molecule has 0 aromatic heterocycles. The van der Waals surface area contributed by atoms with Gasteiger partial charge < -0.3 is 30.0 Å². The average Bonchev–Trinajstić information content (AvgIpc) is 3.35. The maximum atomic E-state index is 13.3. The van der Waals surface area contributed by atoms with Gasteiger partial charge in [-0.05, 0) is 40.0 Å². The highest BCUT2D eigenvalue weighted by molar-refractivity contribution is 5.94. The average molecular weight is 469 g/mol. The molecule has 0 radical (unpaired) electrons. The highest BCUT2D eigenvalue weighted by Crippen LogP contribution is 2.63. The number of aliphatic hydroxyl groups is 1. The number of aliphatic hydroxyl groups excluding tert-OH is 1. The number of nitrogens with one attached hydrogen (secondary N) is 2. The molecule has 0 aromatic rings. The van der Waals surface area contributed by atoms with E-state index in [-0.39, 0.29) is 25.4 Å². The van der Waals surface area contributed by atoms with Gasteiger partial charge in [-0.3, -0.25) is 9.59 Å². The second kappa shape index (κ2) is 10.1. The predicted molar refractivity (Wildman–Crippen MR) is 118 cm³/mol. The van der Waals surface area contributed by atoms with Gasteiger partial charge in [0.2, 0.25) is 5.91 Å². The van der Waals surface area contributed by atoms with Gasteiger partial charge in [-0.1, -0.05) is 20.4 Å². The third-order valence-corrected chi connectivity index (χ3v) is 5.79. The van der Waals surface area contributed by atoms with E-state index in [0.717, 1.165) is 6.26 Å². The van der Waals surface area contributed by atoms with E-state index in [1.54, 1.807) is 27.7 Å². The summed E-state index contributed by atoms with van der Waals surface area (Å²) in [6, 6.07) is -1.00. The second-order valence-corrected chi connectivity index (χ2v) is 10.0. The first-order valence-corrected chi connectivity index (χ1v) is 11.3. The summed E-state index contributed by atoms with van der Waals surface area (Å²) < 4.78 is 15.4. The maximum Gasteiger partial charge on any atom is 0.408 e. The number of hydrogen-bond acceptors (Lipinski definition) is 8. The molecule has 6 atom stereocenters. The molecule has 0 heterocycles. The fourth-order valence-corrected chi connectivity index (χ4v) is 4.64. The molecule has 10 nitrogen and oxygen atoms in total. The summed E-state index contributed by atoms with van der Waals surface area (Å²) in [7, 11) is 0. The Hall–Kier alpha value is -2.62. The molecule has 2 fully saturated rings. The van der Waals surface area contributed by atoms with Crippen molar-refractivity contribution in [3.8, 4) is 0 Å². The lowest BCUT2D eigenvalue weighted by Crippen LogP contribution is -2.61. The topological polar surface area (TPSA) is 140 Å². The molecule has 2 rings (SSSR count). The summed E-state index contributed by atoms with van der Waals surface area (Å²) >= 11 is 0. The van der Waals surface area contributed by atoms with Gasteiger partial charge >= 0.3 is 18.0 Å². The van der Waals surface area contributed by atoms with Crippen molar-refractivity contribution in [2.24, 2.45) is 23.7 Å². The zero-order valence-corrected chi connectivity index (χ0v) is 20.2. The Bertz CT molecular complexity index is 790. The molecule has 33 heavy (non-hydrogen) atoms. The van der Waals surface area contributed by atoms with Gasteiger partial charge in [-0.2, -0.15) is 0 Å². The van der Waals surface area contributed by atoms with Crippen molar-refractivity contribution in [2.45, 2.75) is 77.7 Å². The summed E-state index contributed by atoms with van der Waals surface area (Å²) in [6.07, 6.45) is -0.619. The summed E-state index contributed by atoms with van der Waals surface area (Å²) in [6.45, 7) is 13.9. The largest absolute Gasteiger partial charge is 0.464 e. The Morgan fingerprint density at radius 1 is 1.24 bits per heavy atom. The van der Waals surface area contributed by atoms with Gasteiger partial charge in [-0.25, -0.2) is 9.59 Å². The van der Waals surface area contributed by atoms with Crippen LogP contribution in [0.4, 0.5) is 4.79 Å². The number of amides is 2. The minimum atomic E-state index is -1.62. The molecular weight excluding hydrogens is 432 g/mol. The van der Waals surface area contributed by atoms with Crippen LogP contribution in [0.5, 0.6) is 0 Å². The van der Waals surface area contributed by atoms with Gasteiger partial charge in [-0.15, -0.1) is 0 Å². The van der Waals surface area contributed by atoms with E-state index in [0.29, 0.717) is 0 Å². The van der Waals surface area contributed by atoms with Crippen LogP contribution in [0, 0.1) is 23.7 Å². The van der Waals surface area contributed by atoms with Crippen LogP contribution < -0.4 is 10.6 Å². The zero-order chi connectivity index (χ0) is 25.1. The number of alkyl carbamates (subject to hydrolysis) is 1. The zero-order valence-electron chi connectivity index (χ0n) is 20.2. The Morgan fingerprint density at radius 3 is 2.39 bits per heavy atom. The van der Waals surface area contributed by atoms with Crippen LogP contribution >= 0.6 is 0 Å². The molecular formula is C23H36N2O8. The minimum Gasteiger partial charge on any atom is -0.464 e. The Labute approximate surface area is 194 Å². The predicted octanol–water partition coefficient (Wildman–Crippen LogP) is 1.66. The van der Waals surface area contributed by atoms with E-state index >= 15 is 0 Å². The lowest BCUT2D eigenvalue weighted by atomic mass is 9.88. The molecule has 2 aliphatic rings. The fourth-order valence-electron chi connectivity index (χ4n) is 4.64. The standard InChI is InChI=1S/C23H36N2O8/c1-8-31-19(28)16-15-14(26)11-23(17(15)16,20(29)32-9-2)25-18(27)13(10-12(3)4)24-21(30)33-22(5,6)7/h8,12-17,26H,1,9-11H2,2-7H3,(H,24,30)(H,25,27)/t13-,14-,15-,16-,17-,23+/m0/s1. The summed E-state index contributed by atoms with van der Waals surface area (Å²) in [4.78, 5) is 51.0. The van der Waals surface area contributed by atoms with Crippen molar-refractivity contribution in [3.63, 3.8) is 0 Å². The summed E-state index contributed by atoms with van der Waals surface area (Å²) in [5, 5.41) is 15.9. The van der Waals surface area contributed by atoms with Gasteiger partial charge in [0.1, 0.15) is 17.2 Å². The van der Waals surface area contributed by atoms with Crippen LogP contribution in [0.3, 0.4) is 0 Å². The second-order valence-electron chi connectivity index (χ2n) is 10.0. The molecule has 2 amide bonds. The lowest BCUT2D eigenvalue weighted by molar-refractivity contribution is -0.156. The smallest absolute Gasteiger partial charge is 0.408 e. The number of carbonyl (C=O) groups is 4. The molecule has 0 aromatic carbocycles. The van der Waals surface area contributed by atoms with Crippen LogP contribution in [-0.4, -0.2) is 58.9 Å². The number of ether oxygens (including phenoxy) is 3. The minimum absolute atomic E-state index is 0.0346. The number of carbonyl (C=O) groups excluding carboxylic acids is 4. The molecule has 0 saturated heterocycles. The van der Waals surface area contributed by atoms with Crippen molar-refractivity contribution in [1.82, 2.24) is 10.6 Å². The third-order valence-electron chi connectivity index (χ3n) is 5.79. The monoisotopic (exact) mass is 468 g/mol. The highest BCUT2D eigenvalue weighted by atomic mass is 16.6. The normalized spacial score (nSPS) is 28.8. The molecule has 0 unspecified atom stereocenters. The summed E-state index contributed by atoms with van der Waals surface area (Å²) in [5.41, 5.74) is -2.38. The quantitative estimate of drug-likeness (QED) is 0.264. The van der Waals surface area contributed by atoms with Gasteiger partial charge in [0.25, 0.3) is 0 Å². The van der Waals surface area contributed by atoms with E-state index in [2.05, 4.69) is 17.2 Å². The van der Waals surface area contributed by atoms with Gasteiger partial charge in [0, 0.05) is 18.3 Å². The number of esters is 2. The first-order chi connectivity index (χ1) is 15.3. The number of rotatable bonds is 9. The fraction of sp³-hybridized carbons (Fsp3) is 0.739. The first kappa shape index (κ1) is 26.6. The summed E-state index contributed by atoms with van der Waals surface area (Å²) in [5.74, 6) is -3.98. The van der Waals surface area contributed by atoms with Crippen LogP contribution in [-0.2, 0) is 28.6 Å². The van der Waals surface area contributed by atoms with Crippen molar-refractivity contribution in [1.29, 1.82) is 0 Å². The van der Waals surface area contributed by atoms with E-state index in [1.807, 2.05) is 13.8 Å². The van der Waals surface area contributed by atoms with E-state index in [4.69, 9.17) is 14.2 Å². The Kier molecular flexibility index (Phi) is 8.16.